The Morgan fingerprint density at radius 1 is 1.33 bits per heavy atom. The van der Waals surface area contributed by atoms with Gasteiger partial charge in [-0.15, -0.1) is 0 Å². The quantitative estimate of drug-likeness (QED) is 0.892. The lowest BCUT2D eigenvalue weighted by atomic mass is 9.93. The fraction of sp³-hybridized carbons (Fsp3) is 0.600. The Labute approximate surface area is 109 Å². The number of benzene rings is 1. The maximum absolute atomic E-state index is 10.5. The van der Waals surface area contributed by atoms with Gasteiger partial charge in [-0.05, 0) is 31.7 Å². The zero-order valence-corrected chi connectivity index (χ0v) is 11.0. The highest BCUT2D eigenvalue weighted by molar-refractivity contribution is 5.13. The second-order valence-corrected chi connectivity index (χ2v) is 5.05. The zero-order chi connectivity index (χ0) is 12.8. The van der Waals surface area contributed by atoms with Crippen molar-refractivity contribution in [2.45, 2.75) is 44.5 Å². The van der Waals surface area contributed by atoms with Gasteiger partial charge in [0, 0.05) is 6.61 Å². The molecule has 1 aliphatic rings. The third kappa shape index (κ3) is 3.55. The van der Waals surface area contributed by atoms with Gasteiger partial charge in [0.15, 0.2) is 0 Å². The topological polar surface area (TPSA) is 38.7 Å². The SMILES string of the molecule is C[C@@H]1OCCCC[C@@]1(O)COCc1ccccc1. The van der Waals surface area contributed by atoms with E-state index >= 15 is 0 Å². The van der Waals surface area contributed by atoms with Crippen LogP contribution in [0.15, 0.2) is 30.3 Å². The summed E-state index contributed by atoms with van der Waals surface area (Å²) in [5.74, 6) is 0. The molecule has 1 N–H and O–H groups in total. The van der Waals surface area contributed by atoms with Crippen LogP contribution in [0.5, 0.6) is 0 Å². The number of hydrogen-bond acceptors (Lipinski definition) is 3. The van der Waals surface area contributed by atoms with Crippen LogP contribution in [0, 0.1) is 0 Å². The lowest BCUT2D eigenvalue weighted by molar-refractivity contribution is -0.133. The molecule has 3 nitrogen and oxygen atoms in total. The summed E-state index contributed by atoms with van der Waals surface area (Å²) in [6, 6.07) is 10.0. The molecule has 0 bridgehead atoms. The Hall–Kier alpha value is -0.900. The van der Waals surface area contributed by atoms with Crippen LogP contribution < -0.4 is 0 Å². The van der Waals surface area contributed by atoms with E-state index in [0.29, 0.717) is 13.2 Å². The van der Waals surface area contributed by atoms with E-state index in [1.54, 1.807) is 0 Å². The predicted octanol–water partition coefficient (Wildman–Crippen LogP) is 2.52. The van der Waals surface area contributed by atoms with Crippen molar-refractivity contribution in [2.75, 3.05) is 13.2 Å². The fourth-order valence-electron chi connectivity index (χ4n) is 2.26. The van der Waals surface area contributed by atoms with E-state index in [2.05, 4.69) is 0 Å². The summed E-state index contributed by atoms with van der Waals surface area (Å²) >= 11 is 0. The van der Waals surface area contributed by atoms with Crippen molar-refractivity contribution in [3.63, 3.8) is 0 Å². The Morgan fingerprint density at radius 3 is 2.89 bits per heavy atom. The first kappa shape index (κ1) is 13.5. The second-order valence-electron chi connectivity index (χ2n) is 5.05. The van der Waals surface area contributed by atoms with Gasteiger partial charge in [-0.1, -0.05) is 30.3 Å². The van der Waals surface area contributed by atoms with E-state index in [1.165, 1.54) is 0 Å². The largest absolute Gasteiger partial charge is 0.385 e. The molecule has 0 unspecified atom stereocenters. The highest BCUT2D eigenvalue weighted by Crippen LogP contribution is 2.25. The van der Waals surface area contributed by atoms with Gasteiger partial charge >= 0.3 is 0 Å². The highest BCUT2D eigenvalue weighted by Gasteiger charge is 2.36. The fourth-order valence-corrected chi connectivity index (χ4v) is 2.26. The van der Waals surface area contributed by atoms with E-state index in [0.717, 1.165) is 31.4 Å². The number of aliphatic hydroxyl groups is 1. The van der Waals surface area contributed by atoms with Gasteiger partial charge in [-0.25, -0.2) is 0 Å². The van der Waals surface area contributed by atoms with Crippen LogP contribution in [0.25, 0.3) is 0 Å². The Bertz CT molecular complexity index is 352. The third-order valence-corrected chi connectivity index (χ3v) is 3.59. The summed E-state index contributed by atoms with van der Waals surface area (Å²) in [5.41, 5.74) is 0.286. The van der Waals surface area contributed by atoms with Crippen LogP contribution in [0.3, 0.4) is 0 Å². The molecule has 0 aromatic heterocycles. The maximum Gasteiger partial charge on any atom is 0.114 e. The molecule has 1 fully saturated rings. The van der Waals surface area contributed by atoms with Gasteiger partial charge in [0.1, 0.15) is 5.60 Å². The molecule has 2 atom stereocenters. The van der Waals surface area contributed by atoms with Crippen molar-refractivity contribution < 1.29 is 14.6 Å². The van der Waals surface area contributed by atoms with Crippen molar-refractivity contribution in [1.82, 2.24) is 0 Å². The standard InChI is InChI=1S/C15H22O3/c1-13-15(16,9-5-6-10-18-13)12-17-11-14-7-3-2-4-8-14/h2-4,7-8,13,16H,5-6,9-12H2,1H3/t13-,15+/m0/s1. The first-order valence-electron chi connectivity index (χ1n) is 6.66. The zero-order valence-electron chi connectivity index (χ0n) is 11.0. The molecule has 0 saturated carbocycles. The number of hydrogen-bond donors (Lipinski definition) is 1. The van der Waals surface area contributed by atoms with Crippen molar-refractivity contribution in [3.05, 3.63) is 35.9 Å². The molecule has 3 heteroatoms. The molecule has 100 valence electrons. The first-order valence-corrected chi connectivity index (χ1v) is 6.66. The average molecular weight is 250 g/mol. The molecule has 1 saturated heterocycles. The minimum atomic E-state index is -0.842. The van der Waals surface area contributed by atoms with Crippen LogP contribution >= 0.6 is 0 Å². The molecule has 2 rings (SSSR count). The van der Waals surface area contributed by atoms with Crippen molar-refractivity contribution in [2.24, 2.45) is 0 Å². The Balaban J connectivity index is 1.84. The van der Waals surface area contributed by atoms with E-state index in [1.807, 2.05) is 37.3 Å². The van der Waals surface area contributed by atoms with Gasteiger partial charge < -0.3 is 14.6 Å². The Kier molecular flexibility index (Phi) is 4.75. The predicted molar refractivity (Wildman–Crippen MR) is 70.3 cm³/mol. The van der Waals surface area contributed by atoms with E-state index in [4.69, 9.17) is 9.47 Å². The molecule has 0 radical (unpaired) electrons. The average Bonchev–Trinajstić information content (AvgIpc) is 2.54. The number of ether oxygens (including phenoxy) is 2. The van der Waals surface area contributed by atoms with E-state index in [-0.39, 0.29) is 6.10 Å². The molecular formula is C15H22O3. The molecule has 1 aromatic carbocycles. The molecule has 1 aliphatic heterocycles. The molecule has 0 spiro atoms. The molecule has 1 aromatic rings. The number of rotatable bonds is 4. The molecule has 0 aliphatic carbocycles. The van der Waals surface area contributed by atoms with Gasteiger partial charge in [-0.2, -0.15) is 0 Å². The summed E-state index contributed by atoms with van der Waals surface area (Å²) in [6.45, 7) is 3.54. The minimum Gasteiger partial charge on any atom is -0.385 e. The van der Waals surface area contributed by atoms with Crippen molar-refractivity contribution in [3.8, 4) is 0 Å². The monoisotopic (exact) mass is 250 g/mol. The second kappa shape index (κ2) is 6.32. The lowest BCUT2D eigenvalue weighted by Crippen LogP contribution is -2.45. The van der Waals surface area contributed by atoms with Gasteiger partial charge in [0.2, 0.25) is 0 Å². The van der Waals surface area contributed by atoms with E-state index < -0.39 is 5.60 Å². The van der Waals surface area contributed by atoms with Crippen LogP contribution in [-0.2, 0) is 16.1 Å². The summed E-state index contributed by atoms with van der Waals surface area (Å²) in [4.78, 5) is 0. The third-order valence-electron chi connectivity index (χ3n) is 3.59. The van der Waals surface area contributed by atoms with Crippen LogP contribution in [0.1, 0.15) is 31.7 Å². The van der Waals surface area contributed by atoms with Gasteiger partial charge in [0.25, 0.3) is 0 Å². The highest BCUT2D eigenvalue weighted by atomic mass is 16.5. The summed E-state index contributed by atoms with van der Waals surface area (Å²) in [7, 11) is 0. The Morgan fingerprint density at radius 2 is 2.11 bits per heavy atom. The minimum absolute atomic E-state index is 0.157. The molecule has 0 amide bonds. The normalized spacial score (nSPS) is 28.9. The maximum atomic E-state index is 10.5. The van der Waals surface area contributed by atoms with Crippen LogP contribution in [0.2, 0.25) is 0 Å². The molecule has 18 heavy (non-hydrogen) atoms. The molecular weight excluding hydrogens is 228 g/mol. The molecule has 1 heterocycles. The van der Waals surface area contributed by atoms with Crippen molar-refractivity contribution >= 4 is 0 Å². The van der Waals surface area contributed by atoms with Crippen molar-refractivity contribution in [1.29, 1.82) is 0 Å². The summed E-state index contributed by atoms with van der Waals surface area (Å²) in [5, 5.41) is 10.5. The first-order chi connectivity index (χ1) is 8.71. The van der Waals surface area contributed by atoms with Crippen LogP contribution in [0.4, 0.5) is 0 Å². The summed E-state index contributed by atoms with van der Waals surface area (Å²) in [6.07, 6.45) is 2.61. The lowest BCUT2D eigenvalue weighted by Gasteiger charge is -2.31. The summed E-state index contributed by atoms with van der Waals surface area (Å²) < 4.78 is 11.2. The smallest absolute Gasteiger partial charge is 0.114 e. The van der Waals surface area contributed by atoms with Gasteiger partial charge in [-0.3, -0.25) is 0 Å². The van der Waals surface area contributed by atoms with Crippen LogP contribution in [-0.4, -0.2) is 30.0 Å². The van der Waals surface area contributed by atoms with Gasteiger partial charge in [0.05, 0.1) is 19.3 Å². The van der Waals surface area contributed by atoms with E-state index in [9.17, 15) is 5.11 Å².